The largest absolute Gasteiger partial charge is 0.497 e. The van der Waals surface area contributed by atoms with Gasteiger partial charge in [-0.2, -0.15) is 0 Å². The van der Waals surface area contributed by atoms with Gasteiger partial charge in [0.2, 0.25) is 5.88 Å². The summed E-state index contributed by atoms with van der Waals surface area (Å²) in [6, 6.07) is 21.2. The second-order valence-corrected chi connectivity index (χ2v) is 5.68. The van der Waals surface area contributed by atoms with Crippen LogP contribution in [-0.4, -0.2) is 23.6 Å². The maximum atomic E-state index is 6.24. The molecule has 0 spiro atoms. The van der Waals surface area contributed by atoms with Crippen LogP contribution in [0, 0.1) is 0 Å². The number of benzene rings is 2. The van der Waals surface area contributed by atoms with Crippen molar-refractivity contribution in [2.75, 3.05) is 14.2 Å². The van der Waals surface area contributed by atoms with Crippen molar-refractivity contribution in [2.45, 2.75) is 0 Å². The lowest BCUT2D eigenvalue weighted by Crippen LogP contribution is -1.94. The molecule has 0 aliphatic heterocycles. The van der Waals surface area contributed by atoms with E-state index < -0.39 is 0 Å². The second kappa shape index (κ2) is 6.80. The molecule has 2 heterocycles. The molecule has 0 bridgehead atoms. The summed E-state index contributed by atoms with van der Waals surface area (Å²) in [5, 5.41) is 0. The van der Waals surface area contributed by atoms with Crippen molar-refractivity contribution < 1.29 is 14.2 Å². The number of hydrogen-bond acceptors (Lipinski definition) is 4. The molecule has 5 nitrogen and oxygen atoms in total. The molecular formula is C21H18N2O3. The molecule has 0 aliphatic carbocycles. The summed E-state index contributed by atoms with van der Waals surface area (Å²) in [6.45, 7) is 0. The molecule has 5 heteroatoms. The number of methoxy groups -OCH3 is 2. The van der Waals surface area contributed by atoms with E-state index in [1.165, 1.54) is 0 Å². The minimum Gasteiger partial charge on any atom is -0.497 e. The predicted octanol–water partition coefficient (Wildman–Crippen LogP) is 4.81. The van der Waals surface area contributed by atoms with E-state index in [0.717, 1.165) is 22.7 Å². The first-order valence-corrected chi connectivity index (χ1v) is 8.22. The number of pyridine rings is 1. The summed E-state index contributed by atoms with van der Waals surface area (Å²) in [4.78, 5) is 4.75. The number of imidazole rings is 1. The third kappa shape index (κ3) is 2.84. The summed E-state index contributed by atoms with van der Waals surface area (Å²) < 4.78 is 18.8. The molecule has 0 unspecified atom stereocenters. The van der Waals surface area contributed by atoms with Crippen molar-refractivity contribution >= 4 is 5.65 Å². The van der Waals surface area contributed by atoms with Crippen molar-refractivity contribution in [1.29, 1.82) is 0 Å². The Morgan fingerprint density at radius 2 is 1.50 bits per heavy atom. The van der Waals surface area contributed by atoms with Crippen LogP contribution >= 0.6 is 0 Å². The Morgan fingerprint density at radius 1 is 0.769 bits per heavy atom. The summed E-state index contributed by atoms with van der Waals surface area (Å²) in [5.41, 5.74) is 2.51. The van der Waals surface area contributed by atoms with Crippen LogP contribution < -0.4 is 14.2 Å². The molecule has 2 aromatic heterocycles. The van der Waals surface area contributed by atoms with Gasteiger partial charge in [0.1, 0.15) is 17.1 Å². The topological polar surface area (TPSA) is 45.0 Å². The highest BCUT2D eigenvalue weighted by molar-refractivity contribution is 5.70. The van der Waals surface area contributed by atoms with Gasteiger partial charge in [-0.3, -0.25) is 4.40 Å². The van der Waals surface area contributed by atoms with Gasteiger partial charge in [0.25, 0.3) is 0 Å². The van der Waals surface area contributed by atoms with Gasteiger partial charge in [0.15, 0.2) is 11.5 Å². The highest BCUT2D eigenvalue weighted by Crippen LogP contribution is 2.37. The Morgan fingerprint density at radius 3 is 2.23 bits per heavy atom. The number of rotatable bonds is 5. The first-order chi connectivity index (χ1) is 12.8. The van der Waals surface area contributed by atoms with Gasteiger partial charge >= 0.3 is 0 Å². The Hall–Kier alpha value is -3.47. The Balaban J connectivity index is 1.86. The molecule has 0 saturated carbocycles. The molecule has 130 valence electrons. The Kier molecular flexibility index (Phi) is 4.19. The molecule has 4 aromatic rings. The molecule has 0 aliphatic rings. The van der Waals surface area contributed by atoms with Crippen LogP contribution in [0.25, 0.3) is 16.9 Å². The van der Waals surface area contributed by atoms with E-state index >= 15 is 0 Å². The molecule has 0 saturated heterocycles. The van der Waals surface area contributed by atoms with Gasteiger partial charge in [0.05, 0.1) is 14.2 Å². The van der Waals surface area contributed by atoms with Crippen molar-refractivity contribution in [3.63, 3.8) is 0 Å². The second-order valence-electron chi connectivity index (χ2n) is 5.68. The predicted molar refractivity (Wildman–Crippen MR) is 100 cm³/mol. The zero-order valence-electron chi connectivity index (χ0n) is 14.5. The molecule has 2 aromatic carbocycles. The lowest BCUT2D eigenvalue weighted by molar-refractivity contribution is 0.373. The smallest absolute Gasteiger partial charge is 0.232 e. The highest BCUT2D eigenvalue weighted by Gasteiger charge is 2.17. The molecule has 0 amide bonds. The van der Waals surface area contributed by atoms with Crippen molar-refractivity contribution in [3.05, 3.63) is 72.9 Å². The first kappa shape index (κ1) is 16.0. The van der Waals surface area contributed by atoms with E-state index in [1.807, 2.05) is 77.3 Å². The Labute approximate surface area is 151 Å². The number of fused-ring (bicyclic) bond motifs is 1. The average Bonchev–Trinajstić information content (AvgIpc) is 3.07. The van der Waals surface area contributed by atoms with Crippen LogP contribution in [0.5, 0.6) is 23.1 Å². The highest BCUT2D eigenvalue weighted by atomic mass is 16.5. The number of ether oxygens (including phenoxy) is 3. The van der Waals surface area contributed by atoms with Crippen LogP contribution in [-0.2, 0) is 0 Å². The fourth-order valence-corrected chi connectivity index (χ4v) is 2.82. The average molecular weight is 346 g/mol. The van der Waals surface area contributed by atoms with Gasteiger partial charge in [0, 0.05) is 11.8 Å². The molecule has 4 rings (SSSR count). The van der Waals surface area contributed by atoms with E-state index in [-0.39, 0.29) is 0 Å². The van der Waals surface area contributed by atoms with E-state index in [0.29, 0.717) is 17.4 Å². The SMILES string of the molecule is COc1ccc(-c2nc3ccccn3c2Oc2ccccc2OC)cc1. The van der Waals surface area contributed by atoms with E-state index in [2.05, 4.69) is 0 Å². The van der Waals surface area contributed by atoms with Crippen LogP contribution in [0.3, 0.4) is 0 Å². The van der Waals surface area contributed by atoms with Gasteiger partial charge < -0.3 is 14.2 Å². The number of hydrogen-bond donors (Lipinski definition) is 0. The maximum Gasteiger partial charge on any atom is 0.232 e. The summed E-state index contributed by atoms with van der Waals surface area (Å²) in [7, 11) is 3.28. The summed E-state index contributed by atoms with van der Waals surface area (Å²) in [5.74, 6) is 2.73. The fraction of sp³-hybridized carbons (Fsp3) is 0.0952. The normalized spacial score (nSPS) is 10.7. The van der Waals surface area contributed by atoms with Crippen LogP contribution in [0.2, 0.25) is 0 Å². The van der Waals surface area contributed by atoms with Crippen molar-refractivity contribution in [1.82, 2.24) is 9.38 Å². The van der Waals surface area contributed by atoms with Crippen LogP contribution in [0.4, 0.5) is 0 Å². The summed E-state index contributed by atoms with van der Waals surface area (Å²) in [6.07, 6.45) is 1.93. The quantitative estimate of drug-likeness (QED) is 0.520. The van der Waals surface area contributed by atoms with Crippen molar-refractivity contribution in [2.24, 2.45) is 0 Å². The van der Waals surface area contributed by atoms with E-state index in [1.54, 1.807) is 14.2 Å². The van der Waals surface area contributed by atoms with Gasteiger partial charge in [-0.25, -0.2) is 4.98 Å². The van der Waals surface area contributed by atoms with Crippen LogP contribution in [0.15, 0.2) is 72.9 Å². The zero-order chi connectivity index (χ0) is 17.9. The molecule has 0 N–H and O–H groups in total. The van der Waals surface area contributed by atoms with E-state index in [4.69, 9.17) is 19.2 Å². The lowest BCUT2D eigenvalue weighted by atomic mass is 10.1. The number of nitrogens with zero attached hydrogens (tertiary/aromatic N) is 2. The molecule has 26 heavy (non-hydrogen) atoms. The van der Waals surface area contributed by atoms with Gasteiger partial charge in [-0.1, -0.05) is 18.2 Å². The molecular weight excluding hydrogens is 328 g/mol. The zero-order valence-corrected chi connectivity index (χ0v) is 14.5. The lowest BCUT2D eigenvalue weighted by Gasteiger charge is -2.11. The molecule has 0 fully saturated rings. The summed E-state index contributed by atoms with van der Waals surface area (Å²) >= 11 is 0. The first-order valence-electron chi connectivity index (χ1n) is 8.22. The minimum atomic E-state index is 0.635. The fourth-order valence-electron chi connectivity index (χ4n) is 2.82. The standard InChI is InChI=1S/C21H18N2O3/c1-24-16-12-10-15(11-13-16)20-21(23-14-6-5-9-19(23)22-20)26-18-8-4-3-7-17(18)25-2/h3-14H,1-2H3. The Bertz CT molecular complexity index is 1040. The molecule has 0 atom stereocenters. The third-order valence-corrected chi connectivity index (χ3v) is 4.13. The number of para-hydroxylation sites is 2. The number of aromatic nitrogens is 2. The van der Waals surface area contributed by atoms with Gasteiger partial charge in [-0.15, -0.1) is 0 Å². The maximum absolute atomic E-state index is 6.24. The van der Waals surface area contributed by atoms with Crippen molar-refractivity contribution in [3.8, 4) is 34.4 Å². The van der Waals surface area contributed by atoms with Crippen LogP contribution in [0.1, 0.15) is 0 Å². The molecule has 0 radical (unpaired) electrons. The monoisotopic (exact) mass is 346 g/mol. The van der Waals surface area contributed by atoms with Gasteiger partial charge in [-0.05, 0) is 48.5 Å². The minimum absolute atomic E-state index is 0.635. The van der Waals surface area contributed by atoms with E-state index in [9.17, 15) is 0 Å². The third-order valence-electron chi connectivity index (χ3n) is 4.13.